The van der Waals surface area contributed by atoms with E-state index in [-0.39, 0.29) is 0 Å². The van der Waals surface area contributed by atoms with Crippen LogP contribution in [0.3, 0.4) is 0 Å². The van der Waals surface area contributed by atoms with E-state index >= 15 is 0 Å². The Morgan fingerprint density at radius 1 is 1.42 bits per heavy atom. The molecule has 0 atom stereocenters. The molecular weight excluding hydrogens is 166 g/mol. The molecule has 0 amide bonds. The van der Waals surface area contributed by atoms with E-state index in [2.05, 4.69) is 18.5 Å². The van der Waals surface area contributed by atoms with Gasteiger partial charge in [-0.3, -0.25) is 0 Å². The largest absolute Gasteiger partial charge is 0.316 e. The van der Waals surface area contributed by atoms with E-state index in [0.29, 0.717) is 5.41 Å². The molecule has 1 nitrogen and oxygen atoms in total. The number of thioether (sulfide) groups is 1. The standard InChI is InChI=1S/C10H21NS/c1-3-11-9-10(5-4-6-10)7-8-12-2/h11H,3-9H2,1-2H3. The number of nitrogens with one attached hydrogen (secondary N) is 1. The second kappa shape index (κ2) is 5.13. The van der Waals surface area contributed by atoms with Gasteiger partial charge in [-0.15, -0.1) is 0 Å². The quantitative estimate of drug-likeness (QED) is 0.686. The van der Waals surface area contributed by atoms with Crippen molar-refractivity contribution in [2.75, 3.05) is 25.1 Å². The van der Waals surface area contributed by atoms with Crippen LogP contribution >= 0.6 is 11.8 Å². The third-order valence-electron chi connectivity index (χ3n) is 3.00. The fourth-order valence-electron chi connectivity index (χ4n) is 1.90. The van der Waals surface area contributed by atoms with Gasteiger partial charge in [0.15, 0.2) is 0 Å². The van der Waals surface area contributed by atoms with Gasteiger partial charge in [-0.05, 0) is 43.2 Å². The van der Waals surface area contributed by atoms with Gasteiger partial charge < -0.3 is 5.32 Å². The third-order valence-corrected chi connectivity index (χ3v) is 3.61. The molecule has 0 heterocycles. The summed E-state index contributed by atoms with van der Waals surface area (Å²) >= 11 is 1.98. The molecule has 1 rings (SSSR count). The molecule has 0 unspecified atom stereocenters. The lowest BCUT2D eigenvalue weighted by molar-refractivity contribution is 0.127. The van der Waals surface area contributed by atoms with Crippen LogP contribution in [0.4, 0.5) is 0 Å². The Bertz CT molecular complexity index is 111. The molecule has 12 heavy (non-hydrogen) atoms. The summed E-state index contributed by atoms with van der Waals surface area (Å²) in [7, 11) is 0. The van der Waals surface area contributed by atoms with E-state index in [9.17, 15) is 0 Å². The van der Waals surface area contributed by atoms with Crippen LogP contribution in [0.25, 0.3) is 0 Å². The minimum Gasteiger partial charge on any atom is -0.316 e. The molecule has 1 fully saturated rings. The first-order chi connectivity index (χ1) is 5.83. The van der Waals surface area contributed by atoms with Crippen LogP contribution < -0.4 is 5.32 Å². The van der Waals surface area contributed by atoms with Gasteiger partial charge in [0.2, 0.25) is 0 Å². The molecule has 0 aromatic heterocycles. The molecule has 0 aromatic rings. The Labute approximate surface area is 80.7 Å². The van der Waals surface area contributed by atoms with Gasteiger partial charge in [0.1, 0.15) is 0 Å². The fraction of sp³-hybridized carbons (Fsp3) is 1.00. The first-order valence-corrected chi connectivity index (χ1v) is 6.42. The molecule has 0 bridgehead atoms. The van der Waals surface area contributed by atoms with Crippen molar-refractivity contribution < 1.29 is 0 Å². The van der Waals surface area contributed by atoms with Gasteiger partial charge in [0.25, 0.3) is 0 Å². The molecule has 0 spiro atoms. The van der Waals surface area contributed by atoms with Crippen LogP contribution in [-0.2, 0) is 0 Å². The summed E-state index contributed by atoms with van der Waals surface area (Å²) in [5.41, 5.74) is 0.693. The summed E-state index contributed by atoms with van der Waals surface area (Å²) < 4.78 is 0. The zero-order valence-electron chi connectivity index (χ0n) is 8.36. The lowest BCUT2D eigenvalue weighted by Crippen LogP contribution is -2.40. The SMILES string of the molecule is CCNCC1(CCSC)CCC1. The summed E-state index contributed by atoms with van der Waals surface area (Å²) in [4.78, 5) is 0. The maximum atomic E-state index is 3.49. The molecule has 72 valence electrons. The van der Waals surface area contributed by atoms with E-state index < -0.39 is 0 Å². The van der Waals surface area contributed by atoms with Crippen LogP contribution in [0, 0.1) is 5.41 Å². The highest BCUT2D eigenvalue weighted by molar-refractivity contribution is 7.98. The molecule has 0 saturated heterocycles. The lowest BCUT2D eigenvalue weighted by atomic mass is 9.67. The molecule has 2 heteroatoms. The monoisotopic (exact) mass is 187 g/mol. The zero-order chi connectivity index (χ0) is 8.86. The van der Waals surface area contributed by atoms with E-state index in [1.807, 2.05) is 11.8 Å². The minimum atomic E-state index is 0.693. The maximum Gasteiger partial charge on any atom is 0.000799 e. The zero-order valence-corrected chi connectivity index (χ0v) is 9.17. The molecule has 1 aliphatic carbocycles. The van der Waals surface area contributed by atoms with Crippen LogP contribution in [0.5, 0.6) is 0 Å². The second-order valence-electron chi connectivity index (χ2n) is 3.88. The summed E-state index contributed by atoms with van der Waals surface area (Å²) in [5, 5.41) is 3.49. The first kappa shape index (κ1) is 10.4. The summed E-state index contributed by atoms with van der Waals surface area (Å²) in [6.45, 7) is 4.58. The van der Waals surface area contributed by atoms with Crippen molar-refractivity contribution in [1.29, 1.82) is 0 Å². The second-order valence-corrected chi connectivity index (χ2v) is 4.86. The molecule has 0 aromatic carbocycles. The third kappa shape index (κ3) is 2.67. The van der Waals surface area contributed by atoms with Gasteiger partial charge in [0, 0.05) is 6.54 Å². The topological polar surface area (TPSA) is 12.0 Å². The van der Waals surface area contributed by atoms with Crippen molar-refractivity contribution >= 4 is 11.8 Å². The average molecular weight is 187 g/mol. The Morgan fingerprint density at radius 3 is 2.58 bits per heavy atom. The highest BCUT2D eigenvalue weighted by atomic mass is 32.2. The summed E-state index contributed by atoms with van der Waals surface area (Å²) in [5.74, 6) is 1.34. The van der Waals surface area contributed by atoms with Gasteiger partial charge in [-0.25, -0.2) is 0 Å². The number of hydrogen-bond donors (Lipinski definition) is 1. The van der Waals surface area contributed by atoms with E-state index in [1.54, 1.807) is 0 Å². The van der Waals surface area contributed by atoms with Crippen molar-refractivity contribution in [3.63, 3.8) is 0 Å². The smallest absolute Gasteiger partial charge is 0.000799 e. The summed E-state index contributed by atoms with van der Waals surface area (Å²) in [6.07, 6.45) is 8.00. The van der Waals surface area contributed by atoms with Gasteiger partial charge in [0.05, 0.1) is 0 Å². The highest BCUT2D eigenvalue weighted by Gasteiger charge is 2.35. The van der Waals surface area contributed by atoms with Crippen molar-refractivity contribution in [3.05, 3.63) is 0 Å². The average Bonchev–Trinajstić information content (AvgIpc) is 2.02. The Kier molecular flexibility index (Phi) is 4.44. The Balaban J connectivity index is 2.19. The van der Waals surface area contributed by atoms with Gasteiger partial charge in [-0.2, -0.15) is 11.8 Å². The van der Waals surface area contributed by atoms with Crippen LogP contribution in [-0.4, -0.2) is 25.1 Å². The normalized spacial score (nSPS) is 20.5. The minimum absolute atomic E-state index is 0.693. The van der Waals surface area contributed by atoms with Crippen LogP contribution in [0.2, 0.25) is 0 Å². The van der Waals surface area contributed by atoms with Crippen LogP contribution in [0.15, 0.2) is 0 Å². The van der Waals surface area contributed by atoms with E-state index in [1.165, 1.54) is 38.0 Å². The van der Waals surface area contributed by atoms with Crippen LogP contribution in [0.1, 0.15) is 32.6 Å². The summed E-state index contributed by atoms with van der Waals surface area (Å²) in [6, 6.07) is 0. The molecular formula is C10H21NS. The molecule has 0 aliphatic heterocycles. The first-order valence-electron chi connectivity index (χ1n) is 5.03. The highest BCUT2D eigenvalue weighted by Crippen LogP contribution is 2.43. The Hall–Kier alpha value is 0.310. The molecule has 1 saturated carbocycles. The molecule has 1 aliphatic rings. The lowest BCUT2D eigenvalue weighted by Gasteiger charge is -2.42. The van der Waals surface area contributed by atoms with E-state index in [0.717, 1.165) is 6.54 Å². The Morgan fingerprint density at radius 2 is 2.17 bits per heavy atom. The van der Waals surface area contributed by atoms with Crippen molar-refractivity contribution in [2.24, 2.45) is 5.41 Å². The number of hydrogen-bond acceptors (Lipinski definition) is 2. The van der Waals surface area contributed by atoms with Gasteiger partial charge >= 0.3 is 0 Å². The molecule has 1 N–H and O–H groups in total. The van der Waals surface area contributed by atoms with Gasteiger partial charge in [-0.1, -0.05) is 13.3 Å². The fourth-order valence-corrected chi connectivity index (χ4v) is 2.54. The van der Waals surface area contributed by atoms with Crippen molar-refractivity contribution in [3.8, 4) is 0 Å². The maximum absolute atomic E-state index is 3.49. The predicted octanol–water partition coefficient (Wildman–Crippen LogP) is 2.52. The van der Waals surface area contributed by atoms with E-state index in [4.69, 9.17) is 0 Å². The van der Waals surface area contributed by atoms with Crippen molar-refractivity contribution in [1.82, 2.24) is 5.32 Å². The van der Waals surface area contributed by atoms with Crippen molar-refractivity contribution in [2.45, 2.75) is 32.6 Å². The molecule has 0 radical (unpaired) electrons. The number of rotatable bonds is 6. The predicted molar refractivity (Wildman–Crippen MR) is 57.8 cm³/mol.